The van der Waals surface area contributed by atoms with Crippen LogP contribution in [-0.4, -0.2) is 26.3 Å². The molecule has 0 aliphatic rings. The average Bonchev–Trinajstić information content (AvgIpc) is 3.38. The zero-order chi connectivity index (χ0) is 18.2. The minimum absolute atomic E-state index is 0.187. The molecule has 0 radical (unpaired) electrons. The number of aromatic nitrogens is 4. The summed E-state index contributed by atoms with van der Waals surface area (Å²) in [6, 6.07) is 21.6. The van der Waals surface area contributed by atoms with Gasteiger partial charge in [0.15, 0.2) is 0 Å². The van der Waals surface area contributed by atoms with Crippen molar-refractivity contribution in [3.05, 3.63) is 78.6 Å². The first kappa shape index (κ1) is 15.3. The molecule has 2 aromatic heterocycles. The second-order valence-electron chi connectivity index (χ2n) is 6.32. The van der Waals surface area contributed by atoms with Crippen molar-refractivity contribution in [2.75, 3.05) is 5.32 Å². The molecule has 0 saturated carbocycles. The summed E-state index contributed by atoms with van der Waals surface area (Å²) in [5.74, 6) is -0.187. The van der Waals surface area contributed by atoms with E-state index >= 15 is 0 Å². The molecule has 0 unspecified atom stereocenters. The maximum absolute atomic E-state index is 12.7. The fourth-order valence-electron chi connectivity index (χ4n) is 3.30. The fourth-order valence-corrected chi connectivity index (χ4v) is 3.30. The SMILES string of the molecule is O=C(Nc1cccc(-c2cn[nH]n2)c1)c1cc2c(ccc3ccccc32)[nH]1. The minimum Gasteiger partial charge on any atom is -0.351 e. The molecule has 5 aromatic rings. The number of anilines is 1. The van der Waals surface area contributed by atoms with E-state index in [9.17, 15) is 4.79 Å². The molecule has 0 aliphatic carbocycles. The van der Waals surface area contributed by atoms with Crippen LogP contribution in [0.5, 0.6) is 0 Å². The number of benzene rings is 3. The molecule has 3 aromatic carbocycles. The number of aromatic amines is 2. The van der Waals surface area contributed by atoms with E-state index in [0.717, 1.165) is 32.9 Å². The van der Waals surface area contributed by atoms with E-state index in [2.05, 4.69) is 43.9 Å². The van der Waals surface area contributed by atoms with Crippen LogP contribution in [0.15, 0.2) is 72.9 Å². The topological polar surface area (TPSA) is 86.5 Å². The largest absolute Gasteiger partial charge is 0.351 e. The Labute approximate surface area is 154 Å². The second kappa shape index (κ2) is 6.10. The molecule has 5 rings (SSSR count). The number of fused-ring (bicyclic) bond motifs is 3. The number of amides is 1. The smallest absolute Gasteiger partial charge is 0.272 e. The predicted octanol–water partition coefficient (Wildman–Crippen LogP) is 4.36. The van der Waals surface area contributed by atoms with Gasteiger partial charge in [0.25, 0.3) is 5.91 Å². The highest BCUT2D eigenvalue weighted by Gasteiger charge is 2.12. The third kappa shape index (κ3) is 2.73. The average molecular weight is 353 g/mol. The van der Waals surface area contributed by atoms with Crippen LogP contribution in [-0.2, 0) is 0 Å². The summed E-state index contributed by atoms with van der Waals surface area (Å²) in [5, 5.41) is 16.7. The summed E-state index contributed by atoms with van der Waals surface area (Å²) >= 11 is 0. The van der Waals surface area contributed by atoms with Gasteiger partial charge in [-0.25, -0.2) is 0 Å². The van der Waals surface area contributed by atoms with E-state index in [0.29, 0.717) is 11.4 Å². The number of carbonyl (C=O) groups excluding carboxylic acids is 1. The summed E-state index contributed by atoms with van der Waals surface area (Å²) in [6.07, 6.45) is 1.64. The molecular formula is C21H15N5O. The number of H-pyrrole nitrogens is 2. The Morgan fingerprint density at radius 2 is 1.85 bits per heavy atom. The zero-order valence-electron chi connectivity index (χ0n) is 14.2. The van der Waals surface area contributed by atoms with Crippen molar-refractivity contribution < 1.29 is 4.79 Å². The molecule has 0 atom stereocenters. The quantitative estimate of drug-likeness (QED) is 0.450. The van der Waals surface area contributed by atoms with Crippen LogP contribution in [0.25, 0.3) is 32.9 Å². The molecule has 0 fully saturated rings. The lowest BCUT2D eigenvalue weighted by atomic mass is 10.1. The predicted molar refractivity (Wildman–Crippen MR) is 106 cm³/mol. The number of nitrogens with one attached hydrogen (secondary N) is 3. The van der Waals surface area contributed by atoms with Gasteiger partial charge in [0.1, 0.15) is 11.4 Å². The third-order valence-corrected chi connectivity index (χ3v) is 4.60. The van der Waals surface area contributed by atoms with E-state index < -0.39 is 0 Å². The monoisotopic (exact) mass is 353 g/mol. The number of nitrogens with zero attached hydrogens (tertiary/aromatic N) is 2. The van der Waals surface area contributed by atoms with Gasteiger partial charge in [-0.05, 0) is 35.0 Å². The first-order valence-corrected chi connectivity index (χ1v) is 8.56. The van der Waals surface area contributed by atoms with Crippen molar-refractivity contribution in [2.45, 2.75) is 0 Å². The second-order valence-corrected chi connectivity index (χ2v) is 6.32. The molecule has 0 aliphatic heterocycles. The van der Waals surface area contributed by atoms with Gasteiger partial charge in [-0.1, -0.05) is 42.5 Å². The van der Waals surface area contributed by atoms with Gasteiger partial charge in [0.2, 0.25) is 0 Å². The summed E-state index contributed by atoms with van der Waals surface area (Å²) < 4.78 is 0. The number of carbonyl (C=O) groups is 1. The lowest BCUT2D eigenvalue weighted by Gasteiger charge is -2.05. The standard InChI is InChI=1S/C21H15N5O/c27-21(23-15-6-3-5-14(10-15)20-12-22-26-25-20)19-11-17-16-7-2-1-4-13(16)8-9-18(17)24-19/h1-12,24H,(H,23,27)(H,22,25,26). The van der Waals surface area contributed by atoms with E-state index in [1.54, 1.807) is 6.20 Å². The number of rotatable bonds is 3. The molecule has 0 saturated heterocycles. The van der Waals surface area contributed by atoms with Gasteiger partial charge >= 0.3 is 0 Å². The van der Waals surface area contributed by atoms with Crippen LogP contribution in [0.1, 0.15) is 10.5 Å². The Morgan fingerprint density at radius 3 is 2.74 bits per heavy atom. The molecule has 6 heteroatoms. The van der Waals surface area contributed by atoms with Gasteiger partial charge in [-0.3, -0.25) is 4.79 Å². The maximum Gasteiger partial charge on any atom is 0.272 e. The molecular weight excluding hydrogens is 338 g/mol. The Hall–Kier alpha value is -3.93. The van der Waals surface area contributed by atoms with E-state index in [1.807, 2.05) is 48.5 Å². The van der Waals surface area contributed by atoms with Crippen molar-refractivity contribution in [1.29, 1.82) is 0 Å². The minimum atomic E-state index is -0.187. The molecule has 3 N–H and O–H groups in total. The Balaban J connectivity index is 1.48. The molecule has 6 nitrogen and oxygen atoms in total. The molecule has 2 heterocycles. The number of hydrogen-bond acceptors (Lipinski definition) is 3. The Kier molecular flexibility index (Phi) is 3.47. The van der Waals surface area contributed by atoms with Crippen LogP contribution in [0.2, 0.25) is 0 Å². The van der Waals surface area contributed by atoms with Gasteiger partial charge in [-0.15, -0.1) is 0 Å². The third-order valence-electron chi connectivity index (χ3n) is 4.60. The van der Waals surface area contributed by atoms with Crippen LogP contribution in [0.4, 0.5) is 5.69 Å². The number of hydrogen-bond donors (Lipinski definition) is 3. The first-order chi connectivity index (χ1) is 13.3. The van der Waals surface area contributed by atoms with Crippen LogP contribution in [0.3, 0.4) is 0 Å². The molecule has 0 spiro atoms. The normalized spacial score (nSPS) is 11.1. The summed E-state index contributed by atoms with van der Waals surface area (Å²) in [4.78, 5) is 16.0. The Bertz CT molecular complexity index is 1270. The van der Waals surface area contributed by atoms with Crippen LogP contribution >= 0.6 is 0 Å². The lowest BCUT2D eigenvalue weighted by molar-refractivity contribution is 0.102. The highest BCUT2D eigenvalue weighted by atomic mass is 16.1. The first-order valence-electron chi connectivity index (χ1n) is 8.56. The molecule has 0 bridgehead atoms. The van der Waals surface area contributed by atoms with Crippen molar-refractivity contribution in [3.8, 4) is 11.3 Å². The van der Waals surface area contributed by atoms with Crippen molar-refractivity contribution in [2.24, 2.45) is 0 Å². The fraction of sp³-hybridized carbons (Fsp3) is 0. The van der Waals surface area contributed by atoms with E-state index in [4.69, 9.17) is 0 Å². The summed E-state index contributed by atoms with van der Waals surface area (Å²) in [7, 11) is 0. The van der Waals surface area contributed by atoms with Gasteiger partial charge in [0, 0.05) is 22.2 Å². The van der Waals surface area contributed by atoms with E-state index in [1.165, 1.54) is 0 Å². The van der Waals surface area contributed by atoms with Gasteiger partial charge < -0.3 is 10.3 Å². The van der Waals surface area contributed by atoms with Crippen LogP contribution < -0.4 is 5.32 Å². The van der Waals surface area contributed by atoms with Gasteiger partial charge in [-0.2, -0.15) is 15.4 Å². The van der Waals surface area contributed by atoms with Crippen LogP contribution in [0, 0.1) is 0 Å². The van der Waals surface area contributed by atoms with Crippen molar-refractivity contribution in [1.82, 2.24) is 20.4 Å². The molecule has 27 heavy (non-hydrogen) atoms. The molecule has 1 amide bonds. The lowest BCUT2D eigenvalue weighted by Crippen LogP contribution is -2.12. The zero-order valence-corrected chi connectivity index (χ0v) is 14.2. The Morgan fingerprint density at radius 1 is 0.926 bits per heavy atom. The highest BCUT2D eigenvalue weighted by molar-refractivity contribution is 6.12. The summed E-state index contributed by atoms with van der Waals surface area (Å²) in [6.45, 7) is 0. The van der Waals surface area contributed by atoms with Crippen molar-refractivity contribution >= 4 is 33.3 Å². The van der Waals surface area contributed by atoms with Crippen molar-refractivity contribution in [3.63, 3.8) is 0 Å². The highest BCUT2D eigenvalue weighted by Crippen LogP contribution is 2.26. The van der Waals surface area contributed by atoms with Gasteiger partial charge in [0.05, 0.1) is 6.20 Å². The summed E-state index contributed by atoms with van der Waals surface area (Å²) in [5.41, 5.74) is 3.76. The molecule has 130 valence electrons. The van der Waals surface area contributed by atoms with E-state index in [-0.39, 0.29) is 5.91 Å². The maximum atomic E-state index is 12.7.